The van der Waals surface area contributed by atoms with Crippen molar-refractivity contribution in [3.8, 4) is 0 Å². The first-order valence-corrected chi connectivity index (χ1v) is 10.1. The van der Waals surface area contributed by atoms with Crippen LogP contribution in [0.4, 0.5) is 0 Å². The average molecular weight is 446 g/mol. The molecule has 1 amide bonds. The number of carbonyl (C=O) groups is 1. The van der Waals surface area contributed by atoms with Crippen molar-refractivity contribution < 1.29 is 13.2 Å². The molecule has 2 aromatic carbocycles. The van der Waals surface area contributed by atoms with Crippen LogP contribution in [0.1, 0.15) is 18.5 Å². The summed E-state index contributed by atoms with van der Waals surface area (Å²) in [5, 5.41) is 3.31. The maximum atomic E-state index is 12.5. The summed E-state index contributed by atoms with van der Waals surface area (Å²) in [6.45, 7) is 1.51. The average Bonchev–Trinajstić information content (AvgIpc) is 2.55. The fraction of sp³-hybridized carbons (Fsp3) is 0.235. The van der Waals surface area contributed by atoms with Crippen molar-refractivity contribution in [1.82, 2.24) is 9.62 Å². The Labute approximate surface area is 161 Å². The summed E-state index contributed by atoms with van der Waals surface area (Å²) in [7, 11) is -2.36. The van der Waals surface area contributed by atoms with E-state index in [4.69, 9.17) is 11.6 Å². The van der Waals surface area contributed by atoms with Gasteiger partial charge in [0.05, 0.1) is 17.5 Å². The van der Waals surface area contributed by atoms with Gasteiger partial charge in [-0.25, -0.2) is 8.42 Å². The number of halogens is 2. The van der Waals surface area contributed by atoms with E-state index in [1.807, 2.05) is 12.1 Å². The zero-order valence-electron chi connectivity index (χ0n) is 13.7. The van der Waals surface area contributed by atoms with Crippen molar-refractivity contribution in [2.24, 2.45) is 0 Å². The van der Waals surface area contributed by atoms with E-state index in [0.29, 0.717) is 5.02 Å². The molecule has 0 bridgehead atoms. The number of nitrogens with one attached hydrogen (secondary N) is 1. The monoisotopic (exact) mass is 444 g/mol. The molecule has 2 rings (SSSR count). The van der Waals surface area contributed by atoms with Gasteiger partial charge in [-0.05, 0) is 42.8 Å². The van der Waals surface area contributed by atoms with Gasteiger partial charge in [-0.1, -0.05) is 45.7 Å². The predicted molar refractivity (Wildman–Crippen MR) is 102 cm³/mol. The summed E-state index contributed by atoms with van der Waals surface area (Å²) in [6.07, 6.45) is 0. The van der Waals surface area contributed by atoms with Crippen molar-refractivity contribution >= 4 is 43.5 Å². The second-order valence-electron chi connectivity index (χ2n) is 5.53. The second kappa shape index (κ2) is 8.31. The summed E-state index contributed by atoms with van der Waals surface area (Å²) in [4.78, 5) is 12.3. The van der Waals surface area contributed by atoms with Gasteiger partial charge in [-0.2, -0.15) is 4.31 Å². The highest BCUT2D eigenvalue weighted by Gasteiger charge is 2.23. The lowest BCUT2D eigenvalue weighted by Crippen LogP contribution is -2.39. The fourth-order valence-electron chi connectivity index (χ4n) is 2.26. The first-order valence-electron chi connectivity index (χ1n) is 7.47. The molecule has 134 valence electrons. The Hall–Kier alpha value is -1.41. The number of hydrogen-bond acceptors (Lipinski definition) is 3. The molecule has 0 fully saturated rings. The highest BCUT2D eigenvalue weighted by atomic mass is 79.9. The largest absolute Gasteiger partial charge is 0.348 e. The third kappa shape index (κ3) is 5.04. The standard InChI is InChI=1S/C17H18BrClN2O3S/c1-12(15-5-3-4-6-16(15)19)20-17(22)11-21(2)25(23,24)14-9-7-13(18)8-10-14/h3-10,12H,11H2,1-2H3,(H,20,22). The van der Waals surface area contributed by atoms with E-state index >= 15 is 0 Å². The third-order valence-electron chi connectivity index (χ3n) is 3.64. The molecule has 1 atom stereocenters. The normalized spacial score (nSPS) is 12.8. The molecule has 0 aliphatic rings. The van der Waals surface area contributed by atoms with E-state index < -0.39 is 15.9 Å². The Morgan fingerprint density at radius 1 is 1.20 bits per heavy atom. The van der Waals surface area contributed by atoms with Crippen molar-refractivity contribution in [3.05, 3.63) is 63.6 Å². The highest BCUT2D eigenvalue weighted by Crippen LogP contribution is 2.22. The van der Waals surface area contributed by atoms with E-state index in [9.17, 15) is 13.2 Å². The maximum Gasteiger partial charge on any atom is 0.243 e. The van der Waals surface area contributed by atoms with Gasteiger partial charge in [0.1, 0.15) is 0 Å². The van der Waals surface area contributed by atoms with Crippen LogP contribution in [-0.2, 0) is 14.8 Å². The molecule has 25 heavy (non-hydrogen) atoms. The van der Waals surface area contributed by atoms with Crippen LogP contribution in [-0.4, -0.2) is 32.2 Å². The zero-order chi connectivity index (χ0) is 18.6. The lowest BCUT2D eigenvalue weighted by molar-refractivity contribution is -0.121. The smallest absolute Gasteiger partial charge is 0.243 e. The van der Waals surface area contributed by atoms with Crippen LogP contribution in [0.3, 0.4) is 0 Å². The van der Waals surface area contributed by atoms with Gasteiger partial charge in [0.2, 0.25) is 15.9 Å². The maximum absolute atomic E-state index is 12.5. The van der Waals surface area contributed by atoms with Crippen molar-refractivity contribution in [3.63, 3.8) is 0 Å². The number of likely N-dealkylation sites (N-methyl/N-ethyl adjacent to an activating group) is 1. The molecule has 0 radical (unpaired) electrons. The second-order valence-corrected chi connectivity index (χ2v) is 8.89. The van der Waals surface area contributed by atoms with Gasteiger partial charge in [0.15, 0.2) is 0 Å². The van der Waals surface area contributed by atoms with Crippen molar-refractivity contribution in [1.29, 1.82) is 0 Å². The summed E-state index contributed by atoms with van der Waals surface area (Å²) >= 11 is 9.37. The molecule has 0 aromatic heterocycles. The Morgan fingerprint density at radius 3 is 2.40 bits per heavy atom. The molecule has 0 spiro atoms. The van der Waals surface area contributed by atoms with Crippen LogP contribution in [0.15, 0.2) is 57.9 Å². The summed E-state index contributed by atoms with van der Waals surface area (Å²) in [5.74, 6) is -0.407. The third-order valence-corrected chi connectivity index (χ3v) is 6.33. The number of amides is 1. The number of nitrogens with zero attached hydrogens (tertiary/aromatic N) is 1. The van der Waals surface area contributed by atoms with Gasteiger partial charge < -0.3 is 5.32 Å². The molecule has 0 saturated carbocycles. The molecule has 1 unspecified atom stereocenters. The van der Waals surface area contributed by atoms with Crippen molar-refractivity contribution in [2.45, 2.75) is 17.9 Å². The van der Waals surface area contributed by atoms with Crippen LogP contribution in [0.2, 0.25) is 5.02 Å². The number of rotatable bonds is 6. The predicted octanol–water partition coefficient (Wildman–Crippen LogP) is 3.60. The molecule has 8 heteroatoms. The van der Waals surface area contributed by atoms with Gasteiger partial charge in [0.25, 0.3) is 0 Å². The first-order chi connectivity index (χ1) is 11.7. The molecule has 2 aromatic rings. The fourth-order valence-corrected chi connectivity index (χ4v) is 3.96. The molecule has 0 heterocycles. The lowest BCUT2D eigenvalue weighted by Gasteiger charge is -2.20. The minimum atomic E-state index is -3.73. The minimum absolute atomic E-state index is 0.130. The SMILES string of the molecule is CC(NC(=O)CN(C)S(=O)(=O)c1ccc(Br)cc1)c1ccccc1Cl. The van der Waals surface area contributed by atoms with E-state index in [2.05, 4.69) is 21.2 Å². The van der Waals surface area contributed by atoms with E-state index in [-0.39, 0.29) is 17.5 Å². The number of hydrogen-bond donors (Lipinski definition) is 1. The Bertz CT molecular complexity index is 856. The molecule has 1 N–H and O–H groups in total. The van der Waals surface area contributed by atoms with Crippen LogP contribution < -0.4 is 5.32 Å². The van der Waals surface area contributed by atoms with E-state index in [0.717, 1.165) is 14.3 Å². The van der Waals surface area contributed by atoms with Crippen molar-refractivity contribution in [2.75, 3.05) is 13.6 Å². The van der Waals surface area contributed by atoms with Gasteiger partial charge in [-0.15, -0.1) is 0 Å². The Morgan fingerprint density at radius 2 is 1.80 bits per heavy atom. The highest BCUT2D eigenvalue weighted by molar-refractivity contribution is 9.10. The molecule has 0 aliphatic carbocycles. The number of sulfonamides is 1. The number of carbonyl (C=O) groups excluding carboxylic acids is 1. The van der Waals surface area contributed by atoms with Gasteiger partial charge >= 0.3 is 0 Å². The summed E-state index contributed by atoms with van der Waals surface area (Å²) < 4.78 is 26.8. The van der Waals surface area contributed by atoms with E-state index in [1.54, 1.807) is 31.2 Å². The summed E-state index contributed by atoms with van der Waals surface area (Å²) in [5.41, 5.74) is 0.774. The molecule has 0 aliphatic heterocycles. The first kappa shape index (κ1) is 19.9. The van der Waals surface area contributed by atoms with Gasteiger partial charge in [-0.3, -0.25) is 4.79 Å². The van der Waals surface area contributed by atoms with Crippen LogP contribution >= 0.6 is 27.5 Å². The summed E-state index contributed by atoms with van der Waals surface area (Å²) in [6, 6.07) is 13.1. The minimum Gasteiger partial charge on any atom is -0.348 e. The molecular weight excluding hydrogens is 428 g/mol. The quantitative estimate of drug-likeness (QED) is 0.739. The number of benzene rings is 2. The lowest BCUT2D eigenvalue weighted by atomic mass is 10.1. The Balaban J connectivity index is 2.04. The zero-order valence-corrected chi connectivity index (χ0v) is 16.9. The van der Waals surface area contributed by atoms with Crippen LogP contribution in [0.25, 0.3) is 0 Å². The molecular formula is C17H18BrClN2O3S. The Kier molecular flexibility index (Phi) is 6.62. The van der Waals surface area contributed by atoms with E-state index in [1.165, 1.54) is 19.2 Å². The van der Waals surface area contributed by atoms with Gasteiger partial charge in [0, 0.05) is 16.5 Å². The van der Waals surface area contributed by atoms with Crippen LogP contribution in [0.5, 0.6) is 0 Å². The molecule has 0 saturated heterocycles. The molecule has 5 nitrogen and oxygen atoms in total. The topological polar surface area (TPSA) is 66.5 Å². The van der Waals surface area contributed by atoms with Crippen LogP contribution in [0, 0.1) is 0 Å².